The Hall–Kier alpha value is -10.5. The monoisotopic (exact) mass is 1850 g/mol. The molecule has 0 spiro atoms. The summed E-state index contributed by atoms with van der Waals surface area (Å²) in [6.07, 6.45) is 16.9. The minimum Gasteiger partial charge on any atom is -0.342 e. The number of carbonyl (C=O) groups is 8. The first-order chi connectivity index (χ1) is 63.8. The number of hydrogen-bond acceptors (Lipinski definition) is 8. The van der Waals surface area contributed by atoms with Gasteiger partial charge in [-0.15, -0.1) is 0 Å². The van der Waals surface area contributed by atoms with Crippen LogP contribution in [0.4, 0.5) is 0 Å². The van der Waals surface area contributed by atoms with Crippen molar-refractivity contribution in [2.45, 2.75) is 312 Å². The summed E-state index contributed by atoms with van der Waals surface area (Å²) in [5.41, 5.74) is 18.5. The Morgan fingerprint density at radius 2 is 0.324 bits per heavy atom. The third-order valence-electron chi connectivity index (χ3n) is 26.6. The molecule has 8 saturated heterocycles. The Balaban J connectivity index is 0.000000174. The van der Waals surface area contributed by atoms with E-state index in [1.54, 1.807) is 0 Å². The summed E-state index contributed by atoms with van der Waals surface area (Å²) in [5, 5.41) is 0. The number of nitrogens with zero attached hydrogens (tertiary/aromatic N) is 8. The third kappa shape index (κ3) is 34.9. The molecule has 0 aromatic heterocycles. The molecule has 16 heteroatoms. The Bertz CT molecular complexity index is 5250. The minimum atomic E-state index is 0.0923. The van der Waals surface area contributed by atoms with Crippen molar-refractivity contribution < 1.29 is 38.4 Å². The smallest absolute Gasteiger partial charge is 0.253 e. The molecule has 8 heterocycles. The third-order valence-corrected chi connectivity index (χ3v) is 26.6. The highest BCUT2D eigenvalue weighted by Crippen LogP contribution is 2.33. The lowest BCUT2D eigenvalue weighted by molar-refractivity contribution is -0.134. The first-order valence-electron chi connectivity index (χ1n) is 50.9. The minimum absolute atomic E-state index is 0.0923. The molecule has 8 amide bonds. The molecule has 8 aromatic carbocycles. The second-order valence-electron chi connectivity index (χ2n) is 46.7. The zero-order chi connectivity index (χ0) is 99.7. The number of hydrogen-bond donors (Lipinski definition) is 0. The molecule has 0 atom stereocenters. The van der Waals surface area contributed by atoms with Gasteiger partial charge in [0.2, 0.25) is 17.7 Å². The fraction of sp³-hybridized carbons (Fsp3) is 0.533. The first-order valence-corrected chi connectivity index (χ1v) is 50.9. The van der Waals surface area contributed by atoms with Gasteiger partial charge < -0.3 is 39.2 Å². The molecule has 0 unspecified atom stereocenters. The molecule has 8 aliphatic heterocycles. The van der Waals surface area contributed by atoms with Crippen molar-refractivity contribution in [2.24, 2.45) is 0 Å². The highest BCUT2D eigenvalue weighted by molar-refractivity contribution is 5.97. The highest BCUT2D eigenvalue weighted by Gasteiger charge is 2.32. The first kappa shape index (κ1) is 109. The largest absolute Gasteiger partial charge is 0.342 e. The van der Waals surface area contributed by atoms with E-state index in [0.717, 1.165) is 213 Å². The SMILES string of the molecule is CC(C)(C)c1cccc(C(=O)N2CC2)c1.CC(C)(C)c1cccc(C(=O)N2CCC2)c1.CC(C)(C)c1cccc(C(=O)N2CCCC2)c1.CC(C)(C)c1cccc(C(=O)N2CCCCC2)c1.CC(C)(C)c1cccc(C(=O)N2CCCCCC2)c1.CC(C)(C)c1cccc(CC(=O)N2CC2)c1.CC(C)(C)c1cccc(CC(=O)N2CCC2)c1.CC(C)(C)c1cccc(CC(=O)N2CCCC2)c1. The van der Waals surface area contributed by atoms with Crippen molar-refractivity contribution in [2.75, 3.05) is 105 Å². The van der Waals surface area contributed by atoms with Crippen LogP contribution in [0.3, 0.4) is 0 Å². The number of piperidine rings is 1. The van der Waals surface area contributed by atoms with Gasteiger partial charge in [0, 0.05) is 133 Å². The van der Waals surface area contributed by atoms with Crippen molar-refractivity contribution in [3.05, 3.63) is 283 Å². The van der Waals surface area contributed by atoms with Gasteiger partial charge in [-0.05, 0) is 236 Å². The second kappa shape index (κ2) is 48.7. The van der Waals surface area contributed by atoms with E-state index in [1.165, 1.54) is 63.8 Å². The van der Waals surface area contributed by atoms with Crippen LogP contribution < -0.4 is 0 Å². The lowest BCUT2D eigenvalue weighted by atomic mass is 9.86. The Morgan fingerprint density at radius 1 is 0.176 bits per heavy atom. The van der Waals surface area contributed by atoms with Crippen molar-refractivity contribution in [1.82, 2.24) is 39.2 Å². The second-order valence-corrected chi connectivity index (χ2v) is 46.7. The van der Waals surface area contributed by atoms with Crippen molar-refractivity contribution >= 4 is 47.3 Å². The number of rotatable bonds is 11. The molecule has 136 heavy (non-hydrogen) atoms. The summed E-state index contributed by atoms with van der Waals surface area (Å²) in [6.45, 7) is 67.2. The zero-order valence-corrected chi connectivity index (χ0v) is 87.9. The van der Waals surface area contributed by atoms with Gasteiger partial charge in [0.1, 0.15) is 0 Å². The molecule has 0 saturated carbocycles. The van der Waals surface area contributed by atoms with Gasteiger partial charge in [0.05, 0.1) is 19.3 Å². The maximum Gasteiger partial charge on any atom is 0.253 e. The average Bonchev–Trinajstić information content (AvgIpc) is 1.45. The van der Waals surface area contributed by atoms with Crippen LogP contribution in [0, 0.1) is 0 Å². The van der Waals surface area contributed by atoms with Crippen molar-refractivity contribution in [3.63, 3.8) is 0 Å². The van der Waals surface area contributed by atoms with Gasteiger partial charge in [-0.2, -0.15) is 0 Å². The Kier molecular flexibility index (Phi) is 39.1. The molecular weight excluding hydrogens is 1680 g/mol. The predicted molar refractivity (Wildman–Crippen MR) is 562 cm³/mol. The molecule has 0 N–H and O–H groups in total. The van der Waals surface area contributed by atoms with E-state index in [9.17, 15) is 38.4 Å². The van der Waals surface area contributed by atoms with Gasteiger partial charge in [-0.25, -0.2) is 0 Å². The Labute approximate surface area is 819 Å². The molecule has 8 aliphatic rings. The van der Waals surface area contributed by atoms with Gasteiger partial charge in [-0.1, -0.05) is 312 Å². The molecule has 16 rings (SSSR count). The maximum atomic E-state index is 12.6. The lowest BCUT2D eigenvalue weighted by Crippen LogP contribution is -2.42. The normalized spacial score (nSPS) is 16.0. The van der Waals surface area contributed by atoms with Crippen molar-refractivity contribution in [3.8, 4) is 0 Å². The zero-order valence-electron chi connectivity index (χ0n) is 87.9. The molecule has 736 valence electrons. The van der Waals surface area contributed by atoms with E-state index in [0.29, 0.717) is 19.3 Å². The summed E-state index contributed by atoms with van der Waals surface area (Å²) in [6, 6.07) is 65.5. The van der Waals surface area contributed by atoms with E-state index in [4.69, 9.17) is 0 Å². The lowest BCUT2D eigenvalue weighted by Gasteiger charge is -2.31. The van der Waals surface area contributed by atoms with Crippen molar-refractivity contribution in [1.29, 1.82) is 0 Å². The molecule has 8 aromatic rings. The topological polar surface area (TPSA) is 162 Å². The highest BCUT2D eigenvalue weighted by atomic mass is 16.2. The van der Waals surface area contributed by atoms with E-state index in [2.05, 4.69) is 263 Å². The number of benzene rings is 8. The standard InChI is InChI=1S/C17H25NO.2C16H23NO.2C15H21NO.2C14H19NO.C13H17NO/c1-17(2,3)15-10-8-9-14(13-15)16(19)18-11-6-4-5-7-12-18;1-16(2,3)14-8-6-7-13(11-14)12-15(18)17-9-4-5-10-17;1-16(2,3)14-9-7-8-13(12-14)15(18)17-10-5-4-6-11-17;1-15(2,3)13-7-4-6-12(10-13)11-14(17)16-8-5-9-16;1-15(2,3)13-8-6-7-12(11-13)14(17)16-9-4-5-10-16;1-14(2,3)12-7-4-6-11(10-12)13(16)15-8-5-9-15;1-14(2,3)12-6-4-5-11(9-12)10-13(16)15-7-8-15;1-13(2,3)11-6-4-5-10(9-11)12(15)14-7-8-14/h8-10,13H,4-7,11-12H2,1-3H3;6-8,11H,4-5,9-10,12H2,1-3H3;7-9,12H,4-6,10-11H2,1-3H3;4,6-7,10H,5,8-9,11H2,1-3H3;6-8,11H,4-5,9-10H2,1-3H3;4,6-7,10H,5,8-9H2,1-3H3;4-6,9H,7-8,10H2,1-3H3;4-6,9H,7-8H2,1-3H3. The summed E-state index contributed by atoms with van der Waals surface area (Å²) in [7, 11) is 0. The summed E-state index contributed by atoms with van der Waals surface area (Å²) in [5.74, 6) is 1.73. The van der Waals surface area contributed by atoms with Crippen LogP contribution in [0.2, 0.25) is 0 Å². The fourth-order valence-electron chi connectivity index (χ4n) is 16.7. The number of likely N-dealkylation sites (tertiary alicyclic amines) is 6. The number of amides is 8. The van der Waals surface area contributed by atoms with E-state index in [-0.39, 0.29) is 90.6 Å². The molecule has 0 bridgehead atoms. The van der Waals surface area contributed by atoms with Gasteiger partial charge in [-0.3, -0.25) is 38.4 Å². The van der Waals surface area contributed by atoms with Crippen LogP contribution >= 0.6 is 0 Å². The van der Waals surface area contributed by atoms with Crippen LogP contribution in [0.1, 0.15) is 363 Å². The van der Waals surface area contributed by atoms with Crippen LogP contribution in [0.25, 0.3) is 0 Å². The van der Waals surface area contributed by atoms with E-state index in [1.807, 2.05) is 136 Å². The molecule has 8 fully saturated rings. The maximum absolute atomic E-state index is 12.6. The van der Waals surface area contributed by atoms with Gasteiger partial charge >= 0.3 is 0 Å². The van der Waals surface area contributed by atoms with Crippen LogP contribution in [0.5, 0.6) is 0 Å². The average molecular weight is 1850 g/mol. The van der Waals surface area contributed by atoms with Gasteiger partial charge in [0.15, 0.2) is 0 Å². The van der Waals surface area contributed by atoms with Crippen LogP contribution in [-0.4, -0.2) is 191 Å². The van der Waals surface area contributed by atoms with Gasteiger partial charge in [0.25, 0.3) is 29.5 Å². The molecular formula is C120H168N8O8. The quantitative estimate of drug-likeness (QED) is 0.116. The summed E-state index contributed by atoms with van der Waals surface area (Å²) >= 11 is 0. The summed E-state index contributed by atoms with van der Waals surface area (Å²) in [4.78, 5) is 112. The summed E-state index contributed by atoms with van der Waals surface area (Å²) < 4.78 is 0. The Morgan fingerprint density at radius 3 is 0.500 bits per heavy atom. The predicted octanol–water partition coefficient (Wildman–Crippen LogP) is 24.4. The van der Waals surface area contributed by atoms with E-state index < -0.39 is 0 Å². The fourth-order valence-corrected chi connectivity index (χ4v) is 16.7. The van der Waals surface area contributed by atoms with Crippen LogP contribution in [0.15, 0.2) is 194 Å². The molecule has 0 radical (unpaired) electrons. The van der Waals surface area contributed by atoms with Crippen LogP contribution in [-0.2, 0) is 77.0 Å². The van der Waals surface area contributed by atoms with E-state index >= 15 is 0 Å². The number of carbonyl (C=O) groups excluding carboxylic acids is 8. The molecule has 16 nitrogen and oxygen atoms in total. The molecule has 0 aliphatic carbocycles.